The van der Waals surface area contributed by atoms with Crippen molar-refractivity contribution in [1.82, 2.24) is 0 Å². The van der Waals surface area contributed by atoms with Gasteiger partial charge in [-0.3, -0.25) is 9.11 Å². The fourth-order valence-corrected chi connectivity index (χ4v) is 3.59. The topological polar surface area (TPSA) is 109 Å². The summed E-state index contributed by atoms with van der Waals surface area (Å²) in [7, 11) is -9.18. The summed E-state index contributed by atoms with van der Waals surface area (Å²) in [5.41, 5.74) is 0. The zero-order valence-electron chi connectivity index (χ0n) is 3.84. The first-order chi connectivity index (χ1) is 3.71. The molecule has 0 amide bonds. The zero-order valence-corrected chi connectivity index (χ0v) is 6.48. The lowest BCUT2D eigenvalue weighted by molar-refractivity contribution is 0.498. The Morgan fingerprint density at radius 2 is 1.11 bits per heavy atom. The first-order valence-electron chi connectivity index (χ1n) is 1.44. The Kier molecular flexibility index (Phi) is 2.54. The molecular weight excluding hydrogens is 191 g/mol. The van der Waals surface area contributed by atoms with Gasteiger partial charge in [0.2, 0.25) is 0 Å². The van der Waals surface area contributed by atoms with Crippen molar-refractivity contribution in [3.05, 3.63) is 0 Å². The number of hydrogen-bond acceptors (Lipinski definition) is 4. The van der Waals surface area contributed by atoms with Crippen LogP contribution in [0.4, 0.5) is 0 Å². The van der Waals surface area contributed by atoms with E-state index in [0.717, 1.165) is 0 Å². The molecule has 0 rings (SSSR count). The van der Waals surface area contributed by atoms with E-state index in [1.807, 2.05) is 0 Å². The van der Waals surface area contributed by atoms with Gasteiger partial charge in [-0.25, -0.2) is 0 Å². The van der Waals surface area contributed by atoms with Gasteiger partial charge in [-0.1, -0.05) is 0 Å². The lowest BCUT2D eigenvalue weighted by Crippen LogP contribution is -1.94. The van der Waals surface area contributed by atoms with Gasteiger partial charge in [0.1, 0.15) is 0 Å². The zero-order chi connectivity index (χ0) is 7.71. The van der Waals surface area contributed by atoms with E-state index in [2.05, 4.69) is 0 Å². The van der Waals surface area contributed by atoms with Crippen LogP contribution in [0, 0.1) is 0 Å². The summed E-state index contributed by atoms with van der Waals surface area (Å²) < 4.78 is 54.3. The monoisotopic (exact) mass is 194 g/mol. The molecule has 0 radical (unpaired) electrons. The van der Waals surface area contributed by atoms with Crippen LogP contribution in [0.15, 0.2) is 0 Å². The van der Waals surface area contributed by atoms with Gasteiger partial charge in [-0.05, 0) is 0 Å². The Hall–Kier alpha value is 0.250. The predicted molar refractivity (Wildman–Crippen MR) is 31.4 cm³/mol. The molecule has 0 aliphatic heterocycles. The molecule has 0 fully saturated rings. The number of hydrogen-bond donors (Lipinski definition) is 2. The maximum atomic E-state index is 9.68. The third-order valence-corrected chi connectivity index (χ3v) is 5.69. The van der Waals surface area contributed by atoms with Crippen molar-refractivity contribution < 1.29 is 25.9 Å². The molecule has 9 heavy (non-hydrogen) atoms. The van der Waals surface area contributed by atoms with Crippen molar-refractivity contribution in [3.8, 4) is 0 Å². The molecule has 0 aromatic rings. The lowest BCUT2D eigenvalue weighted by atomic mass is 15.9. The standard InChI is InChI=1S/H3O6PS2/c1-8(2,3)7-9(4,5)6/h7H,(H,1,2,3)(H,4,5,6). The molecular formula is H3O6PS2. The molecule has 6 nitrogen and oxygen atoms in total. The van der Waals surface area contributed by atoms with E-state index in [4.69, 9.17) is 9.11 Å². The second-order valence-corrected chi connectivity index (χ2v) is 8.20. The molecule has 0 saturated heterocycles. The van der Waals surface area contributed by atoms with Gasteiger partial charge in [0.25, 0.3) is 19.5 Å². The van der Waals surface area contributed by atoms with Crippen LogP contribution < -0.4 is 0 Å². The van der Waals surface area contributed by atoms with Crippen molar-refractivity contribution in [2.24, 2.45) is 0 Å². The van der Waals surface area contributed by atoms with Crippen LogP contribution in [0.5, 0.6) is 0 Å². The minimum atomic E-state index is -4.59. The fraction of sp³-hybridized carbons (Fsp3) is 0. The van der Waals surface area contributed by atoms with Gasteiger partial charge in [0.05, 0.1) is 0 Å². The third kappa shape index (κ3) is 8.25. The van der Waals surface area contributed by atoms with E-state index >= 15 is 0 Å². The van der Waals surface area contributed by atoms with Gasteiger partial charge in [0, 0.05) is 0 Å². The first kappa shape index (κ1) is 9.25. The first-order valence-corrected chi connectivity index (χ1v) is 6.77. The highest BCUT2D eigenvalue weighted by Crippen LogP contribution is 2.24. The summed E-state index contributed by atoms with van der Waals surface area (Å²) in [4.78, 5) is 0. The quantitative estimate of drug-likeness (QED) is 0.443. The van der Waals surface area contributed by atoms with E-state index in [9.17, 15) is 16.8 Å². The Morgan fingerprint density at radius 1 is 0.889 bits per heavy atom. The Balaban J connectivity index is 4.46. The highest BCUT2D eigenvalue weighted by molar-refractivity contribution is 8.73. The molecule has 0 aliphatic carbocycles. The second kappa shape index (κ2) is 2.47. The Bertz CT molecular complexity index is 236. The van der Waals surface area contributed by atoms with Crippen molar-refractivity contribution >= 4 is 26.5 Å². The van der Waals surface area contributed by atoms with Crippen molar-refractivity contribution in [3.63, 3.8) is 0 Å². The van der Waals surface area contributed by atoms with Gasteiger partial charge in [-0.2, -0.15) is 16.8 Å². The molecule has 2 N–H and O–H groups in total. The largest absolute Gasteiger partial charge is 0.295 e. The highest BCUT2D eigenvalue weighted by atomic mass is 33.1. The maximum absolute atomic E-state index is 9.68. The molecule has 56 valence electrons. The highest BCUT2D eigenvalue weighted by Gasteiger charge is 2.15. The molecule has 0 heterocycles. The van der Waals surface area contributed by atoms with Crippen LogP contribution in [-0.4, -0.2) is 25.9 Å². The molecule has 0 aliphatic rings. The van der Waals surface area contributed by atoms with Gasteiger partial charge in [-0.15, -0.1) is 0 Å². The van der Waals surface area contributed by atoms with E-state index in [1.54, 1.807) is 0 Å². The lowest BCUT2D eigenvalue weighted by Gasteiger charge is -1.88. The SMILES string of the molecule is O=S(=O)(O)PS(=O)(=O)O. The second-order valence-electron chi connectivity index (χ2n) is 1.03. The summed E-state index contributed by atoms with van der Waals surface area (Å²) in [6, 6.07) is 0. The molecule has 0 spiro atoms. The summed E-state index contributed by atoms with van der Waals surface area (Å²) in [6.07, 6.45) is 0. The van der Waals surface area contributed by atoms with Gasteiger partial charge >= 0.3 is 0 Å². The normalized spacial score (nSPS) is 13.6. The molecule has 0 aromatic carbocycles. The molecule has 0 atom stereocenters. The van der Waals surface area contributed by atoms with Crippen molar-refractivity contribution in [2.45, 2.75) is 0 Å². The predicted octanol–water partition coefficient (Wildman–Crippen LogP) is -0.729. The van der Waals surface area contributed by atoms with E-state index in [0.29, 0.717) is 0 Å². The molecule has 0 unspecified atom stereocenters. The molecule has 0 bridgehead atoms. The minimum Gasteiger partial charge on any atom is -0.282 e. The van der Waals surface area contributed by atoms with Crippen LogP contribution in [0.25, 0.3) is 0 Å². The molecule has 0 aromatic heterocycles. The fourth-order valence-electron chi connectivity index (χ4n) is 0.133. The summed E-state index contributed by atoms with van der Waals surface area (Å²) >= 11 is 0. The van der Waals surface area contributed by atoms with Gasteiger partial charge < -0.3 is 0 Å². The minimum absolute atomic E-state index is 1.89. The average molecular weight is 194 g/mol. The van der Waals surface area contributed by atoms with Crippen molar-refractivity contribution in [1.29, 1.82) is 0 Å². The van der Waals surface area contributed by atoms with E-state index in [-0.39, 0.29) is 0 Å². The number of rotatable bonds is 2. The Morgan fingerprint density at radius 3 is 1.11 bits per heavy atom. The average Bonchev–Trinajstić information content (AvgIpc) is 1.14. The smallest absolute Gasteiger partial charge is 0.282 e. The third-order valence-electron chi connectivity index (χ3n) is 0.211. The molecule has 9 heteroatoms. The van der Waals surface area contributed by atoms with E-state index < -0.39 is 26.5 Å². The van der Waals surface area contributed by atoms with Crippen molar-refractivity contribution in [2.75, 3.05) is 0 Å². The molecule has 0 saturated carbocycles. The van der Waals surface area contributed by atoms with Crippen LogP contribution in [-0.2, 0) is 19.5 Å². The van der Waals surface area contributed by atoms with E-state index in [1.165, 1.54) is 0 Å². The van der Waals surface area contributed by atoms with Crippen LogP contribution >= 0.6 is 6.98 Å². The van der Waals surface area contributed by atoms with Crippen LogP contribution in [0.2, 0.25) is 0 Å². The summed E-state index contributed by atoms with van der Waals surface area (Å²) in [5, 5.41) is 0. The van der Waals surface area contributed by atoms with Crippen LogP contribution in [0.3, 0.4) is 0 Å². The summed E-state index contributed by atoms with van der Waals surface area (Å²) in [6.45, 7) is -1.89. The Labute approximate surface area is 53.0 Å². The van der Waals surface area contributed by atoms with Gasteiger partial charge in [0.15, 0.2) is 6.98 Å². The van der Waals surface area contributed by atoms with Crippen LogP contribution in [0.1, 0.15) is 0 Å². The maximum Gasteiger partial charge on any atom is 0.295 e. The summed E-state index contributed by atoms with van der Waals surface area (Å²) in [5.74, 6) is 0.